The molecule has 2 atom stereocenters. The van der Waals surface area contributed by atoms with E-state index in [1.54, 1.807) is 10.4 Å². The van der Waals surface area contributed by atoms with Crippen molar-refractivity contribution in [3.63, 3.8) is 0 Å². The van der Waals surface area contributed by atoms with Crippen molar-refractivity contribution in [1.82, 2.24) is 10.2 Å². The molecule has 0 aromatic carbocycles. The number of nitrogens with zero attached hydrogens (tertiary/aromatic N) is 1. The minimum absolute atomic E-state index is 0.636. The summed E-state index contributed by atoms with van der Waals surface area (Å²) in [5, 5.41) is 5.86. The molecular formula is C15H24N2S. The summed E-state index contributed by atoms with van der Waals surface area (Å²) in [6, 6.07) is 3.77. The molecule has 1 saturated heterocycles. The van der Waals surface area contributed by atoms with E-state index in [1.807, 2.05) is 11.3 Å². The van der Waals surface area contributed by atoms with Crippen LogP contribution in [-0.4, -0.2) is 30.6 Å². The number of rotatable bonds is 4. The summed E-state index contributed by atoms with van der Waals surface area (Å²) in [5.41, 5.74) is 1.59. The zero-order valence-electron chi connectivity index (χ0n) is 11.3. The standard InChI is InChI=1S/C15H24N2S/c1-12-14-7-11-18-15(14)6-10-17(12)9-3-5-13-4-2-8-16-13/h7,11-13,16H,2-6,8-10H2,1H3. The highest BCUT2D eigenvalue weighted by atomic mass is 32.1. The zero-order valence-corrected chi connectivity index (χ0v) is 12.1. The second-order valence-electron chi connectivity index (χ2n) is 5.70. The van der Waals surface area contributed by atoms with Gasteiger partial charge in [0.25, 0.3) is 0 Å². The lowest BCUT2D eigenvalue weighted by Crippen LogP contribution is -2.34. The second kappa shape index (κ2) is 5.72. The molecule has 2 aliphatic rings. The Morgan fingerprint density at radius 1 is 1.50 bits per heavy atom. The van der Waals surface area contributed by atoms with Gasteiger partial charge in [0.2, 0.25) is 0 Å². The normalized spacial score (nSPS) is 28.5. The largest absolute Gasteiger partial charge is 0.314 e. The van der Waals surface area contributed by atoms with Crippen molar-refractivity contribution in [2.24, 2.45) is 0 Å². The minimum atomic E-state index is 0.636. The Bertz CT molecular complexity index is 382. The van der Waals surface area contributed by atoms with Crippen LogP contribution in [0.3, 0.4) is 0 Å². The first-order chi connectivity index (χ1) is 8.84. The van der Waals surface area contributed by atoms with E-state index < -0.39 is 0 Å². The summed E-state index contributed by atoms with van der Waals surface area (Å²) in [5.74, 6) is 0. The van der Waals surface area contributed by atoms with Crippen LogP contribution in [0.1, 0.15) is 49.1 Å². The molecule has 3 heterocycles. The van der Waals surface area contributed by atoms with Crippen molar-refractivity contribution in [1.29, 1.82) is 0 Å². The lowest BCUT2D eigenvalue weighted by atomic mass is 10.0. The van der Waals surface area contributed by atoms with Gasteiger partial charge in [0.1, 0.15) is 0 Å². The van der Waals surface area contributed by atoms with Gasteiger partial charge >= 0.3 is 0 Å². The first kappa shape index (κ1) is 12.6. The Morgan fingerprint density at radius 2 is 2.44 bits per heavy atom. The van der Waals surface area contributed by atoms with E-state index >= 15 is 0 Å². The van der Waals surface area contributed by atoms with E-state index in [-0.39, 0.29) is 0 Å². The van der Waals surface area contributed by atoms with Gasteiger partial charge in [-0.2, -0.15) is 0 Å². The van der Waals surface area contributed by atoms with Crippen LogP contribution in [0.5, 0.6) is 0 Å². The average molecular weight is 264 g/mol. The quantitative estimate of drug-likeness (QED) is 0.898. The molecule has 0 amide bonds. The van der Waals surface area contributed by atoms with Gasteiger partial charge in [-0.3, -0.25) is 4.90 Å². The van der Waals surface area contributed by atoms with Crippen LogP contribution < -0.4 is 5.32 Å². The first-order valence-corrected chi connectivity index (χ1v) is 8.26. The number of nitrogens with one attached hydrogen (secondary N) is 1. The zero-order chi connectivity index (χ0) is 12.4. The molecule has 100 valence electrons. The van der Waals surface area contributed by atoms with Gasteiger partial charge in [-0.1, -0.05) is 0 Å². The van der Waals surface area contributed by atoms with Gasteiger partial charge in [0.05, 0.1) is 0 Å². The number of hydrogen-bond acceptors (Lipinski definition) is 3. The summed E-state index contributed by atoms with van der Waals surface area (Å²) >= 11 is 1.94. The molecule has 3 rings (SSSR count). The van der Waals surface area contributed by atoms with Gasteiger partial charge in [-0.25, -0.2) is 0 Å². The van der Waals surface area contributed by atoms with Crippen molar-refractivity contribution in [2.45, 2.75) is 51.1 Å². The molecular weight excluding hydrogens is 240 g/mol. The maximum atomic E-state index is 3.60. The number of hydrogen-bond donors (Lipinski definition) is 1. The molecule has 0 radical (unpaired) electrons. The molecule has 1 aromatic heterocycles. The third kappa shape index (κ3) is 2.63. The van der Waals surface area contributed by atoms with E-state index in [4.69, 9.17) is 0 Å². The van der Waals surface area contributed by atoms with Crippen LogP contribution in [0, 0.1) is 0 Å². The van der Waals surface area contributed by atoms with E-state index in [1.165, 1.54) is 51.7 Å². The fraction of sp³-hybridized carbons (Fsp3) is 0.733. The molecule has 1 aromatic rings. The van der Waals surface area contributed by atoms with Crippen molar-refractivity contribution in [3.05, 3.63) is 21.9 Å². The number of fused-ring (bicyclic) bond motifs is 1. The van der Waals surface area contributed by atoms with Gasteiger partial charge in [-0.05, 0) is 69.1 Å². The molecule has 1 fully saturated rings. The van der Waals surface area contributed by atoms with Crippen molar-refractivity contribution >= 4 is 11.3 Å². The molecule has 0 aliphatic carbocycles. The molecule has 2 nitrogen and oxygen atoms in total. The minimum Gasteiger partial charge on any atom is -0.314 e. The van der Waals surface area contributed by atoms with Gasteiger partial charge in [0, 0.05) is 23.5 Å². The molecule has 1 N–H and O–H groups in total. The topological polar surface area (TPSA) is 15.3 Å². The van der Waals surface area contributed by atoms with Gasteiger partial charge in [0.15, 0.2) is 0 Å². The second-order valence-corrected chi connectivity index (χ2v) is 6.70. The van der Waals surface area contributed by atoms with E-state index in [0.29, 0.717) is 6.04 Å². The summed E-state index contributed by atoms with van der Waals surface area (Å²) < 4.78 is 0. The molecule has 2 aliphatic heterocycles. The Hall–Kier alpha value is -0.380. The Labute approximate surface area is 114 Å². The van der Waals surface area contributed by atoms with Crippen LogP contribution in [0.15, 0.2) is 11.4 Å². The van der Waals surface area contributed by atoms with E-state index in [9.17, 15) is 0 Å². The lowest BCUT2D eigenvalue weighted by molar-refractivity contribution is 0.194. The molecule has 0 bridgehead atoms. The molecule has 2 unspecified atom stereocenters. The highest BCUT2D eigenvalue weighted by Gasteiger charge is 2.24. The summed E-state index contributed by atoms with van der Waals surface area (Å²) in [6.07, 6.45) is 6.74. The highest BCUT2D eigenvalue weighted by Crippen LogP contribution is 2.32. The SMILES string of the molecule is CC1c2ccsc2CCN1CCCC1CCCN1. The van der Waals surface area contributed by atoms with Crippen molar-refractivity contribution < 1.29 is 0 Å². The smallest absolute Gasteiger partial charge is 0.0331 e. The number of thiophene rings is 1. The van der Waals surface area contributed by atoms with Crippen molar-refractivity contribution in [2.75, 3.05) is 19.6 Å². The van der Waals surface area contributed by atoms with Crippen LogP contribution >= 0.6 is 11.3 Å². The summed E-state index contributed by atoms with van der Waals surface area (Å²) in [6.45, 7) is 6.14. The van der Waals surface area contributed by atoms with Crippen LogP contribution in [0.4, 0.5) is 0 Å². The Morgan fingerprint density at radius 3 is 3.28 bits per heavy atom. The van der Waals surface area contributed by atoms with Crippen LogP contribution in [0.25, 0.3) is 0 Å². The van der Waals surface area contributed by atoms with E-state index in [2.05, 4.69) is 28.6 Å². The molecule has 3 heteroatoms. The van der Waals surface area contributed by atoms with Crippen molar-refractivity contribution in [3.8, 4) is 0 Å². The Kier molecular flexibility index (Phi) is 4.02. The molecule has 18 heavy (non-hydrogen) atoms. The molecule has 0 spiro atoms. The lowest BCUT2D eigenvalue weighted by Gasteiger charge is -2.33. The van der Waals surface area contributed by atoms with Crippen LogP contribution in [0.2, 0.25) is 0 Å². The van der Waals surface area contributed by atoms with Gasteiger partial charge < -0.3 is 5.32 Å². The molecule has 0 saturated carbocycles. The maximum absolute atomic E-state index is 3.60. The van der Waals surface area contributed by atoms with E-state index in [0.717, 1.165) is 6.04 Å². The predicted octanol–water partition coefficient (Wildman–Crippen LogP) is 3.20. The predicted molar refractivity (Wildman–Crippen MR) is 78.3 cm³/mol. The van der Waals surface area contributed by atoms with Crippen LogP contribution in [-0.2, 0) is 6.42 Å². The maximum Gasteiger partial charge on any atom is 0.0331 e. The monoisotopic (exact) mass is 264 g/mol. The summed E-state index contributed by atoms with van der Waals surface area (Å²) in [7, 11) is 0. The first-order valence-electron chi connectivity index (χ1n) is 7.38. The highest BCUT2D eigenvalue weighted by molar-refractivity contribution is 7.10. The van der Waals surface area contributed by atoms with Gasteiger partial charge in [-0.15, -0.1) is 11.3 Å². The Balaban J connectivity index is 1.48. The fourth-order valence-electron chi connectivity index (χ4n) is 3.41. The third-order valence-corrected chi connectivity index (χ3v) is 5.56. The fourth-order valence-corrected chi connectivity index (χ4v) is 4.37. The summed E-state index contributed by atoms with van der Waals surface area (Å²) in [4.78, 5) is 4.29. The third-order valence-electron chi connectivity index (χ3n) is 4.56. The average Bonchev–Trinajstić information content (AvgIpc) is 3.02.